The Bertz CT molecular complexity index is 1240. The Morgan fingerprint density at radius 2 is 1.74 bits per heavy atom. The predicted octanol–water partition coefficient (Wildman–Crippen LogP) is 5.82. The summed E-state index contributed by atoms with van der Waals surface area (Å²) in [5.41, 5.74) is 1.40. The van der Waals surface area contributed by atoms with Gasteiger partial charge in [-0.3, -0.25) is 14.5 Å². The topological polar surface area (TPSA) is 61.8 Å². The molecule has 9 heteroatoms. The highest BCUT2D eigenvalue weighted by Crippen LogP contribution is 2.32. The summed E-state index contributed by atoms with van der Waals surface area (Å²) in [6.07, 6.45) is 0.188. The van der Waals surface area contributed by atoms with E-state index in [4.69, 9.17) is 11.6 Å². The van der Waals surface area contributed by atoms with E-state index >= 15 is 0 Å². The third-order valence-electron chi connectivity index (χ3n) is 5.15. The number of hydrogen-bond donors (Lipinski definition) is 1. The maximum absolute atomic E-state index is 14.1. The number of nitrogens with one attached hydrogen (secondary N) is 1. The van der Waals surface area contributed by atoms with Gasteiger partial charge in [0.15, 0.2) is 5.17 Å². The van der Waals surface area contributed by atoms with Gasteiger partial charge in [0.25, 0.3) is 0 Å². The first-order valence-corrected chi connectivity index (χ1v) is 11.8. The molecule has 34 heavy (non-hydrogen) atoms. The van der Waals surface area contributed by atoms with E-state index in [2.05, 4.69) is 10.3 Å². The van der Waals surface area contributed by atoms with Crippen molar-refractivity contribution in [3.8, 4) is 0 Å². The van der Waals surface area contributed by atoms with Gasteiger partial charge in [0.1, 0.15) is 16.9 Å². The van der Waals surface area contributed by atoms with Crippen LogP contribution in [0.15, 0.2) is 77.8 Å². The molecule has 174 valence electrons. The molecule has 4 rings (SSSR count). The Labute approximate surface area is 204 Å². The van der Waals surface area contributed by atoms with Crippen LogP contribution in [0, 0.1) is 11.6 Å². The Kier molecular flexibility index (Phi) is 7.59. The molecule has 1 saturated heterocycles. The third kappa shape index (κ3) is 5.81. The number of halogens is 3. The molecule has 0 bridgehead atoms. The van der Waals surface area contributed by atoms with Gasteiger partial charge < -0.3 is 5.32 Å². The predicted molar refractivity (Wildman–Crippen MR) is 131 cm³/mol. The zero-order valence-electron chi connectivity index (χ0n) is 17.9. The number of amides is 2. The largest absolute Gasteiger partial charge is 0.325 e. The Morgan fingerprint density at radius 1 is 1.03 bits per heavy atom. The maximum Gasteiger partial charge on any atom is 0.242 e. The van der Waals surface area contributed by atoms with Gasteiger partial charge in [-0.05, 0) is 54.4 Å². The molecule has 0 radical (unpaired) electrons. The fraction of sp³-hybridized carbons (Fsp3) is 0.160. The molecule has 1 heterocycles. The second kappa shape index (κ2) is 10.8. The molecule has 0 spiro atoms. The highest BCUT2D eigenvalue weighted by molar-refractivity contribution is 8.15. The fourth-order valence-electron chi connectivity index (χ4n) is 3.42. The number of carbonyl (C=O) groups excluding carboxylic acids is 2. The Morgan fingerprint density at radius 3 is 2.47 bits per heavy atom. The van der Waals surface area contributed by atoms with E-state index in [-0.39, 0.29) is 37.0 Å². The average molecular weight is 500 g/mol. The average Bonchev–Trinajstić information content (AvgIpc) is 3.10. The molecule has 1 atom stereocenters. The Hall–Kier alpha value is -3.23. The van der Waals surface area contributed by atoms with Gasteiger partial charge >= 0.3 is 0 Å². The fourth-order valence-corrected chi connectivity index (χ4v) is 4.79. The van der Waals surface area contributed by atoms with Crippen molar-refractivity contribution in [2.75, 3.05) is 11.9 Å². The SMILES string of the molecule is O=C(CC1SC(=Nc2ccc(F)cc2)N(CCc2ccccc2F)C1=O)Nc1ccccc1Cl. The van der Waals surface area contributed by atoms with E-state index in [0.717, 1.165) is 11.8 Å². The number of anilines is 1. The lowest BCUT2D eigenvalue weighted by atomic mass is 10.1. The highest BCUT2D eigenvalue weighted by atomic mass is 35.5. The first-order chi connectivity index (χ1) is 16.4. The molecular formula is C25H20ClF2N3O2S. The standard InChI is InChI=1S/C25H20ClF2N3O2S/c26-19-6-2-4-8-21(19)30-23(32)15-22-24(33)31(14-13-16-5-1-3-7-20(16)28)25(34-22)29-18-11-9-17(27)10-12-18/h1-12,22H,13-15H2,(H,30,32). The van der Waals surface area contributed by atoms with Gasteiger partial charge in [-0.2, -0.15) is 0 Å². The van der Waals surface area contributed by atoms with Crippen LogP contribution >= 0.6 is 23.4 Å². The molecule has 1 aliphatic rings. The van der Waals surface area contributed by atoms with E-state index in [1.165, 1.54) is 35.2 Å². The zero-order valence-corrected chi connectivity index (χ0v) is 19.5. The van der Waals surface area contributed by atoms with Crippen LogP contribution in [0.3, 0.4) is 0 Å². The molecule has 0 saturated carbocycles. The van der Waals surface area contributed by atoms with Crippen molar-refractivity contribution in [3.05, 3.63) is 95.0 Å². The van der Waals surface area contributed by atoms with Crippen molar-refractivity contribution >= 4 is 51.7 Å². The second-order valence-corrected chi connectivity index (χ2v) is 9.12. The smallest absolute Gasteiger partial charge is 0.242 e. The van der Waals surface area contributed by atoms with Crippen LogP contribution < -0.4 is 5.32 Å². The van der Waals surface area contributed by atoms with Crippen molar-refractivity contribution in [2.45, 2.75) is 18.1 Å². The van der Waals surface area contributed by atoms with Gasteiger partial charge in [-0.25, -0.2) is 13.8 Å². The lowest BCUT2D eigenvalue weighted by molar-refractivity contribution is -0.128. The van der Waals surface area contributed by atoms with E-state index in [0.29, 0.717) is 27.1 Å². The molecule has 1 aliphatic heterocycles. The maximum atomic E-state index is 14.1. The number of aliphatic imine (C=N–C) groups is 1. The summed E-state index contributed by atoms with van der Waals surface area (Å²) in [6, 6.07) is 18.7. The van der Waals surface area contributed by atoms with Crippen LogP contribution in [-0.4, -0.2) is 33.7 Å². The molecule has 3 aromatic carbocycles. The number of hydrogen-bond acceptors (Lipinski definition) is 4. The number of thioether (sulfide) groups is 1. The molecule has 0 aliphatic carbocycles. The molecule has 3 aromatic rings. The number of nitrogens with zero attached hydrogens (tertiary/aromatic N) is 2. The minimum Gasteiger partial charge on any atom is -0.325 e. The van der Waals surface area contributed by atoms with Crippen LogP contribution in [-0.2, 0) is 16.0 Å². The molecule has 1 fully saturated rings. The van der Waals surface area contributed by atoms with Crippen LogP contribution in [0.25, 0.3) is 0 Å². The molecular weight excluding hydrogens is 480 g/mol. The first-order valence-electron chi connectivity index (χ1n) is 10.5. The summed E-state index contributed by atoms with van der Waals surface area (Å²) in [4.78, 5) is 31.7. The number of amidine groups is 1. The van der Waals surface area contributed by atoms with Crippen LogP contribution in [0.4, 0.5) is 20.2 Å². The number of carbonyl (C=O) groups is 2. The lowest BCUT2D eigenvalue weighted by Crippen LogP contribution is -2.35. The van der Waals surface area contributed by atoms with Crippen LogP contribution in [0.2, 0.25) is 5.02 Å². The summed E-state index contributed by atoms with van der Waals surface area (Å²) in [7, 11) is 0. The van der Waals surface area contributed by atoms with Crippen molar-refractivity contribution in [3.63, 3.8) is 0 Å². The lowest BCUT2D eigenvalue weighted by Gasteiger charge is -2.17. The van der Waals surface area contributed by atoms with E-state index < -0.39 is 11.1 Å². The molecule has 1 unspecified atom stereocenters. The zero-order chi connectivity index (χ0) is 24.1. The van der Waals surface area contributed by atoms with E-state index in [1.807, 2.05) is 0 Å². The third-order valence-corrected chi connectivity index (χ3v) is 6.66. The summed E-state index contributed by atoms with van der Waals surface area (Å²) in [5.74, 6) is -1.41. The summed E-state index contributed by atoms with van der Waals surface area (Å²) >= 11 is 7.26. The molecule has 2 amide bonds. The first kappa shape index (κ1) is 23.9. The number of rotatable bonds is 7. The summed E-state index contributed by atoms with van der Waals surface area (Å²) < 4.78 is 27.4. The molecule has 1 N–H and O–H groups in total. The van der Waals surface area contributed by atoms with Crippen LogP contribution in [0.1, 0.15) is 12.0 Å². The highest BCUT2D eigenvalue weighted by Gasteiger charge is 2.39. The van der Waals surface area contributed by atoms with Gasteiger partial charge in [-0.1, -0.05) is 53.7 Å². The minimum atomic E-state index is -0.706. The number of benzene rings is 3. The van der Waals surface area contributed by atoms with Crippen molar-refractivity contribution in [2.24, 2.45) is 4.99 Å². The van der Waals surface area contributed by atoms with Crippen molar-refractivity contribution in [1.29, 1.82) is 0 Å². The second-order valence-electron chi connectivity index (χ2n) is 7.54. The van der Waals surface area contributed by atoms with Crippen LogP contribution in [0.5, 0.6) is 0 Å². The normalized spacial score (nSPS) is 16.8. The van der Waals surface area contributed by atoms with Gasteiger partial charge in [0, 0.05) is 13.0 Å². The minimum absolute atomic E-state index is 0.0899. The molecule has 0 aromatic heterocycles. The van der Waals surface area contributed by atoms with Gasteiger partial charge in [0.2, 0.25) is 11.8 Å². The van der Waals surface area contributed by atoms with E-state index in [1.54, 1.807) is 42.5 Å². The molecule has 5 nitrogen and oxygen atoms in total. The van der Waals surface area contributed by atoms with Gasteiger partial charge in [-0.15, -0.1) is 0 Å². The Balaban J connectivity index is 1.52. The van der Waals surface area contributed by atoms with Gasteiger partial charge in [0.05, 0.1) is 16.4 Å². The quantitative estimate of drug-likeness (QED) is 0.445. The summed E-state index contributed by atoms with van der Waals surface area (Å²) in [6.45, 7) is 0.190. The van der Waals surface area contributed by atoms with E-state index in [9.17, 15) is 18.4 Å². The monoisotopic (exact) mass is 499 g/mol. The van der Waals surface area contributed by atoms with Crippen molar-refractivity contribution in [1.82, 2.24) is 4.90 Å². The van der Waals surface area contributed by atoms with Crippen molar-refractivity contribution < 1.29 is 18.4 Å². The summed E-state index contributed by atoms with van der Waals surface area (Å²) in [5, 5.41) is 2.79. The number of para-hydroxylation sites is 1.